The van der Waals surface area contributed by atoms with Crippen molar-refractivity contribution >= 4 is 0 Å². The molecule has 0 aliphatic rings. The van der Waals surface area contributed by atoms with E-state index < -0.39 is 6.10 Å². The summed E-state index contributed by atoms with van der Waals surface area (Å²) in [6.45, 7) is 4.68. The first kappa shape index (κ1) is 10.2. The van der Waals surface area contributed by atoms with E-state index >= 15 is 0 Å². The molecule has 1 heterocycles. The number of aliphatic hydroxyl groups excluding tert-OH is 1. The Morgan fingerprint density at radius 2 is 2.31 bits per heavy atom. The molecule has 13 heavy (non-hydrogen) atoms. The summed E-state index contributed by atoms with van der Waals surface area (Å²) in [5.41, 5.74) is 0.857. The van der Waals surface area contributed by atoms with E-state index in [9.17, 15) is 5.11 Å². The van der Waals surface area contributed by atoms with Crippen LogP contribution in [0, 0.1) is 0 Å². The molecule has 1 aromatic rings. The molecule has 0 aliphatic carbocycles. The van der Waals surface area contributed by atoms with Gasteiger partial charge in [-0.3, -0.25) is 4.98 Å². The Morgan fingerprint density at radius 1 is 1.54 bits per heavy atom. The SMILES string of the molecule is CC(C)NC[C@@H](O)c1cccnc1. The fraction of sp³-hybridized carbons (Fsp3) is 0.500. The normalized spacial score (nSPS) is 13.2. The number of hydrogen-bond acceptors (Lipinski definition) is 3. The van der Waals surface area contributed by atoms with Crippen LogP contribution in [-0.2, 0) is 0 Å². The van der Waals surface area contributed by atoms with E-state index in [1.165, 1.54) is 0 Å². The Hall–Kier alpha value is -0.930. The summed E-state index contributed by atoms with van der Waals surface area (Å²) in [6, 6.07) is 4.10. The first-order valence-corrected chi connectivity index (χ1v) is 4.51. The summed E-state index contributed by atoms with van der Waals surface area (Å²) in [5.74, 6) is 0. The van der Waals surface area contributed by atoms with Crippen LogP contribution in [0.5, 0.6) is 0 Å². The first-order chi connectivity index (χ1) is 6.20. The molecule has 0 radical (unpaired) electrons. The van der Waals surface area contributed by atoms with Crippen LogP contribution in [0.2, 0.25) is 0 Å². The lowest BCUT2D eigenvalue weighted by molar-refractivity contribution is 0.171. The van der Waals surface area contributed by atoms with Gasteiger partial charge in [0, 0.05) is 30.5 Å². The number of nitrogens with zero attached hydrogens (tertiary/aromatic N) is 1. The monoisotopic (exact) mass is 180 g/mol. The van der Waals surface area contributed by atoms with Crippen molar-refractivity contribution in [2.75, 3.05) is 6.54 Å². The summed E-state index contributed by atoms with van der Waals surface area (Å²) in [4.78, 5) is 3.95. The van der Waals surface area contributed by atoms with Gasteiger partial charge >= 0.3 is 0 Å². The molecule has 0 aromatic carbocycles. The molecule has 1 aromatic heterocycles. The number of aliphatic hydroxyl groups is 1. The van der Waals surface area contributed by atoms with E-state index in [1.807, 2.05) is 12.1 Å². The second-order valence-electron chi connectivity index (χ2n) is 3.37. The van der Waals surface area contributed by atoms with Crippen molar-refractivity contribution in [3.8, 4) is 0 Å². The van der Waals surface area contributed by atoms with Gasteiger partial charge in [0.05, 0.1) is 6.10 Å². The highest BCUT2D eigenvalue weighted by molar-refractivity contribution is 5.11. The van der Waals surface area contributed by atoms with Crippen LogP contribution in [0.15, 0.2) is 24.5 Å². The molecule has 3 heteroatoms. The Morgan fingerprint density at radius 3 is 2.85 bits per heavy atom. The van der Waals surface area contributed by atoms with Crippen molar-refractivity contribution in [1.82, 2.24) is 10.3 Å². The Kier molecular flexibility index (Phi) is 3.86. The molecule has 0 amide bonds. The largest absolute Gasteiger partial charge is 0.387 e. The lowest BCUT2D eigenvalue weighted by atomic mass is 10.1. The molecule has 1 atom stereocenters. The number of rotatable bonds is 4. The summed E-state index contributed by atoms with van der Waals surface area (Å²) >= 11 is 0. The molecule has 0 spiro atoms. The minimum Gasteiger partial charge on any atom is -0.387 e. The predicted octanol–water partition coefficient (Wildman–Crippen LogP) is 1.11. The molecule has 0 fully saturated rings. The van der Waals surface area contributed by atoms with E-state index in [4.69, 9.17) is 0 Å². The maximum Gasteiger partial charge on any atom is 0.0929 e. The number of nitrogens with one attached hydrogen (secondary N) is 1. The van der Waals surface area contributed by atoms with Crippen molar-refractivity contribution in [3.63, 3.8) is 0 Å². The average molecular weight is 180 g/mol. The van der Waals surface area contributed by atoms with Crippen LogP contribution in [0.4, 0.5) is 0 Å². The quantitative estimate of drug-likeness (QED) is 0.729. The van der Waals surface area contributed by atoms with E-state index in [-0.39, 0.29) is 0 Å². The second-order valence-corrected chi connectivity index (χ2v) is 3.37. The van der Waals surface area contributed by atoms with Gasteiger partial charge < -0.3 is 10.4 Å². The van der Waals surface area contributed by atoms with Crippen molar-refractivity contribution in [2.24, 2.45) is 0 Å². The zero-order valence-corrected chi connectivity index (χ0v) is 8.07. The van der Waals surface area contributed by atoms with E-state index in [0.717, 1.165) is 5.56 Å². The zero-order chi connectivity index (χ0) is 9.68. The summed E-state index contributed by atoms with van der Waals surface area (Å²) < 4.78 is 0. The molecule has 0 saturated heterocycles. The zero-order valence-electron chi connectivity index (χ0n) is 8.07. The van der Waals surface area contributed by atoms with E-state index in [0.29, 0.717) is 12.6 Å². The predicted molar refractivity (Wildman–Crippen MR) is 52.3 cm³/mol. The van der Waals surface area contributed by atoms with Crippen molar-refractivity contribution in [2.45, 2.75) is 26.0 Å². The lowest BCUT2D eigenvalue weighted by Crippen LogP contribution is -2.27. The van der Waals surface area contributed by atoms with Gasteiger partial charge in [-0.2, -0.15) is 0 Å². The fourth-order valence-corrected chi connectivity index (χ4v) is 1.04. The van der Waals surface area contributed by atoms with Gasteiger partial charge in [-0.05, 0) is 6.07 Å². The van der Waals surface area contributed by atoms with Gasteiger partial charge in [0.1, 0.15) is 0 Å². The molecule has 0 saturated carbocycles. The van der Waals surface area contributed by atoms with Gasteiger partial charge in [-0.25, -0.2) is 0 Å². The van der Waals surface area contributed by atoms with Crippen molar-refractivity contribution < 1.29 is 5.11 Å². The number of hydrogen-bond donors (Lipinski definition) is 2. The van der Waals surface area contributed by atoms with Gasteiger partial charge in [-0.1, -0.05) is 19.9 Å². The smallest absolute Gasteiger partial charge is 0.0929 e. The van der Waals surface area contributed by atoms with E-state index in [2.05, 4.69) is 24.1 Å². The van der Waals surface area contributed by atoms with Crippen LogP contribution in [-0.4, -0.2) is 22.7 Å². The standard InChI is InChI=1S/C10H16N2O/c1-8(2)12-7-10(13)9-4-3-5-11-6-9/h3-6,8,10,12-13H,7H2,1-2H3/t10-/m1/s1. The van der Waals surface area contributed by atoms with Crippen LogP contribution >= 0.6 is 0 Å². The number of aromatic nitrogens is 1. The van der Waals surface area contributed by atoms with Gasteiger partial charge in [0.15, 0.2) is 0 Å². The Balaban J connectivity index is 2.44. The summed E-state index contributed by atoms with van der Waals surface area (Å²) in [7, 11) is 0. The molecule has 0 aliphatic heterocycles. The number of pyridine rings is 1. The molecule has 0 unspecified atom stereocenters. The third-order valence-corrected chi connectivity index (χ3v) is 1.79. The molecule has 0 bridgehead atoms. The van der Waals surface area contributed by atoms with Gasteiger partial charge in [0.25, 0.3) is 0 Å². The summed E-state index contributed by atoms with van der Waals surface area (Å²) in [5, 5.41) is 12.8. The van der Waals surface area contributed by atoms with Crippen molar-refractivity contribution in [3.05, 3.63) is 30.1 Å². The minimum absolute atomic E-state index is 0.395. The van der Waals surface area contributed by atoms with Crippen LogP contribution in [0.25, 0.3) is 0 Å². The highest BCUT2D eigenvalue weighted by Crippen LogP contribution is 2.08. The lowest BCUT2D eigenvalue weighted by Gasteiger charge is -2.13. The summed E-state index contributed by atoms with van der Waals surface area (Å²) in [6.07, 6.45) is 2.93. The van der Waals surface area contributed by atoms with Crippen LogP contribution in [0.3, 0.4) is 0 Å². The van der Waals surface area contributed by atoms with Crippen LogP contribution < -0.4 is 5.32 Å². The minimum atomic E-state index is -0.462. The molecule has 72 valence electrons. The molecule has 2 N–H and O–H groups in total. The fourth-order valence-electron chi connectivity index (χ4n) is 1.04. The maximum absolute atomic E-state index is 9.67. The van der Waals surface area contributed by atoms with E-state index in [1.54, 1.807) is 12.4 Å². The van der Waals surface area contributed by atoms with Crippen molar-refractivity contribution in [1.29, 1.82) is 0 Å². The molecule has 1 rings (SSSR count). The topological polar surface area (TPSA) is 45.1 Å². The Labute approximate surface area is 78.8 Å². The van der Waals surface area contributed by atoms with Crippen LogP contribution in [0.1, 0.15) is 25.5 Å². The highest BCUT2D eigenvalue weighted by atomic mass is 16.3. The van der Waals surface area contributed by atoms with Gasteiger partial charge in [-0.15, -0.1) is 0 Å². The first-order valence-electron chi connectivity index (χ1n) is 4.51. The molecular formula is C10H16N2O. The molecular weight excluding hydrogens is 164 g/mol. The van der Waals surface area contributed by atoms with Gasteiger partial charge in [0.2, 0.25) is 0 Å². The maximum atomic E-state index is 9.67. The highest BCUT2D eigenvalue weighted by Gasteiger charge is 2.06. The second kappa shape index (κ2) is 4.94. The third kappa shape index (κ3) is 3.53. The average Bonchev–Trinajstić information content (AvgIpc) is 2.15. The molecule has 3 nitrogen and oxygen atoms in total. The Bertz CT molecular complexity index is 236. The third-order valence-electron chi connectivity index (χ3n) is 1.79.